The first kappa shape index (κ1) is 20.7. The number of likely N-dealkylation sites (tertiary alicyclic amines) is 1. The lowest BCUT2D eigenvalue weighted by Crippen LogP contribution is -2.44. The van der Waals surface area contributed by atoms with E-state index < -0.39 is 0 Å². The molecule has 0 bridgehead atoms. The molecule has 1 N–H and O–H groups in total. The van der Waals surface area contributed by atoms with Crippen LogP contribution in [-0.4, -0.2) is 51.9 Å². The normalized spacial score (nSPS) is 20.3. The molecule has 160 valence electrons. The van der Waals surface area contributed by atoms with Gasteiger partial charge in [-0.2, -0.15) is 0 Å². The third-order valence-corrected chi connectivity index (χ3v) is 6.35. The van der Waals surface area contributed by atoms with Gasteiger partial charge in [0.05, 0.1) is 36.4 Å². The van der Waals surface area contributed by atoms with Crippen molar-refractivity contribution in [2.45, 2.75) is 57.0 Å². The number of likely N-dealkylation sites (N-methyl/N-ethyl adjacent to an activating group) is 1. The molecular formula is C23H30FN5O. The van der Waals surface area contributed by atoms with E-state index in [2.05, 4.69) is 20.2 Å². The predicted octanol–water partition coefficient (Wildman–Crippen LogP) is 4.29. The van der Waals surface area contributed by atoms with E-state index in [1.165, 1.54) is 31.5 Å². The van der Waals surface area contributed by atoms with Crippen molar-refractivity contribution < 1.29 is 9.18 Å². The number of hydrogen-bond acceptors (Lipinski definition) is 5. The van der Waals surface area contributed by atoms with E-state index in [9.17, 15) is 9.18 Å². The van der Waals surface area contributed by atoms with Crippen LogP contribution in [-0.2, 0) is 4.79 Å². The number of aromatic nitrogens is 2. The van der Waals surface area contributed by atoms with Crippen LogP contribution < -0.4 is 5.32 Å². The van der Waals surface area contributed by atoms with Crippen LogP contribution in [0.2, 0.25) is 0 Å². The molecular weight excluding hydrogens is 381 g/mol. The first-order chi connectivity index (χ1) is 14.6. The number of amides is 1. The van der Waals surface area contributed by atoms with Crippen LogP contribution in [0.4, 0.5) is 15.9 Å². The maximum atomic E-state index is 13.0. The Labute approximate surface area is 177 Å². The zero-order valence-electron chi connectivity index (χ0n) is 17.6. The Morgan fingerprint density at radius 2 is 1.93 bits per heavy atom. The van der Waals surface area contributed by atoms with Gasteiger partial charge in [0.2, 0.25) is 5.91 Å². The molecule has 1 saturated heterocycles. The number of carbonyl (C=O) groups excluding carboxylic acids is 1. The van der Waals surface area contributed by atoms with E-state index in [0.717, 1.165) is 43.6 Å². The fourth-order valence-electron chi connectivity index (χ4n) is 4.58. The van der Waals surface area contributed by atoms with Crippen molar-refractivity contribution in [3.05, 3.63) is 48.2 Å². The van der Waals surface area contributed by atoms with E-state index in [0.29, 0.717) is 18.4 Å². The standard InChI is InChI=1S/C23H30FN5O/c1-28(19-6-3-2-4-7-19)23(30)16-29-13-5-8-21(29)20-11-10-18(15-25-20)27-22-12-9-17(24)14-26-22/h9-12,14-15,19,21H,2-8,13,16H2,1H3,(H,26,27)/t21-/m1/s1. The van der Waals surface area contributed by atoms with Gasteiger partial charge in [0, 0.05) is 13.1 Å². The number of nitrogens with one attached hydrogen (secondary N) is 1. The molecule has 30 heavy (non-hydrogen) atoms. The van der Waals surface area contributed by atoms with Crippen molar-refractivity contribution in [1.29, 1.82) is 0 Å². The SMILES string of the molecule is CN(C(=O)CN1CCC[C@@H]1c1ccc(Nc2ccc(F)cn2)cn1)C1CCCCC1. The number of anilines is 2. The van der Waals surface area contributed by atoms with Gasteiger partial charge < -0.3 is 10.2 Å². The largest absolute Gasteiger partial charge is 0.342 e. The second kappa shape index (κ2) is 9.51. The highest BCUT2D eigenvalue weighted by atomic mass is 19.1. The van der Waals surface area contributed by atoms with Crippen LogP contribution in [0.25, 0.3) is 0 Å². The van der Waals surface area contributed by atoms with Crippen molar-refractivity contribution in [3.8, 4) is 0 Å². The van der Waals surface area contributed by atoms with Crippen molar-refractivity contribution in [1.82, 2.24) is 19.8 Å². The quantitative estimate of drug-likeness (QED) is 0.768. The zero-order chi connectivity index (χ0) is 20.9. The molecule has 0 unspecified atom stereocenters. The molecule has 2 aliphatic rings. The fourth-order valence-corrected chi connectivity index (χ4v) is 4.58. The zero-order valence-corrected chi connectivity index (χ0v) is 17.6. The molecule has 0 aromatic carbocycles. The van der Waals surface area contributed by atoms with Gasteiger partial charge in [0.25, 0.3) is 0 Å². The summed E-state index contributed by atoms with van der Waals surface area (Å²) in [6.45, 7) is 1.38. The van der Waals surface area contributed by atoms with E-state index in [4.69, 9.17) is 0 Å². The van der Waals surface area contributed by atoms with E-state index in [1.54, 1.807) is 12.3 Å². The Morgan fingerprint density at radius 3 is 2.63 bits per heavy atom. The molecule has 1 saturated carbocycles. The minimum Gasteiger partial charge on any atom is -0.342 e. The third kappa shape index (κ3) is 4.95. The molecule has 0 radical (unpaired) electrons. The molecule has 6 nitrogen and oxygen atoms in total. The Morgan fingerprint density at radius 1 is 1.10 bits per heavy atom. The summed E-state index contributed by atoms with van der Waals surface area (Å²) in [6, 6.07) is 7.50. The van der Waals surface area contributed by atoms with E-state index >= 15 is 0 Å². The van der Waals surface area contributed by atoms with Crippen LogP contribution in [0, 0.1) is 5.82 Å². The van der Waals surface area contributed by atoms with Crippen molar-refractivity contribution in [3.63, 3.8) is 0 Å². The first-order valence-corrected chi connectivity index (χ1v) is 10.9. The molecule has 3 heterocycles. The van der Waals surface area contributed by atoms with Crippen molar-refractivity contribution in [2.24, 2.45) is 0 Å². The molecule has 2 fully saturated rings. The fraction of sp³-hybridized carbons (Fsp3) is 0.522. The predicted molar refractivity (Wildman–Crippen MR) is 115 cm³/mol. The molecule has 4 rings (SSSR count). The number of carbonyl (C=O) groups is 1. The Balaban J connectivity index is 1.36. The number of hydrogen-bond donors (Lipinski definition) is 1. The van der Waals surface area contributed by atoms with Gasteiger partial charge in [-0.15, -0.1) is 0 Å². The number of rotatable bonds is 6. The summed E-state index contributed by atoms with van der Waals surface area (Å²) >= 11 is 0. The number of nitrogens with zero attached hydrogens (tertiary/aromatic N) is 4. The maximum absolute atomic E-state index is 13.0. The Bertz CT molecular complexity index is 836. The summed E-state index contributed by atoms with van der Waals surface area (Å²) in [7, 11) is 1.96. The first-order valence-electron chi connectivity index (χ1n) is 10.9. The summed E-state index contributed by atoms with van der Waals surface area (Å²) in [4.78, 5) is 25.8. The van der Waals surface area contributed by atoms with Gasteiger partial charge in [0.15, 0.2) is 0 Å². The number of halogens is 1. The van der Waals surface area contributed by atoms with Crippen LogP contribution in [0.5, 0.6) is 0 Å². The second-order valence-electron chi connectivity index (χ2n) is 8.38. The lowest BCUT2D eigenvalue weighted by molar-refractivity contribution is -0.134. The average molecular weight is 412 g/mol. The number of pyridine rings is 2. The Hall–Kier alpha value is -2.54. The summed E-state index contributed by atoms with van der Waals surface area (Å²) in [5, 5.41) is 3.13. The van der Waals surface area contributed by atoms with Gasteiger partial charge in [-0.25, -0.2) is 9.37 Å². The summed E-state index contributed by atoms with van der Waals surface area (Å²) < 4.78 is 13.0. The molecule has 2 aromatic rings. The third-order valence-electron chi connectivity index (χ3n) is 6.35. The second-order valence-corrected chi connectivity index (χ2v) is 8.38. The molecule has 1 amide bonds. The molecule has 2 aromatic heterocycles. The van der Waals surface area contributed by atoms with Crippen LogP contribution in [0.3, 0.4) is 0 Å². The van der Waals surface area contributed by atoms with Gasteiger partial charge in [0.1, 0.15) is 11.6 Å². The van der Waals surface area contributed by atoms with Crippen molar-refractivity contribution >= 4 is 17.4 Å². The molecule has 7 heteroatoms. The maximum Gasteiger partial charge on any atom is 0.236 e. The lowest BCUT2D eigenvalue weighted by atomic mass is 9.94. The minimum atomic E-state index is -0.362. The van der Waals surface area contributed by atoms with Crippen LogP contribution in [0.1, 0.15) is 56.7 Å². The lowest BCUT2D eigenvalue weighted by Gasteiger charge is -2.33. The molecule has 1 aliphatic heterocycles. The van der Waals surface area contributed by atoms with Gasteiger partial charge >= 0.3 is 0 Å². The van der Waals surface area contributed by atoms with Crippen LogP contribution in [0.15, 0.2) is 36.7 Å². The Kier molecular flexibility index (Phi) is 6.57. The highest BCUT2D eigenvalue weighted by Gasteiger charge is 2.31. The van der Waals surface area contributed by atoms with E-state index in [-0.39, 0.29) is 17.8 Å². The average Bonchev–Trinajstić information content (AvgIpc) is 3.24. The summed E-state index contributed by atoms with van der Waals surface area (Å²) in [5.41, 5.74) is 1.79. The van der Waals surface area contributed by atoms with Gasteiger partial charge in [-0.3, -0.25) is 14.7 Å². The highest BCUT2D eigenvalue weighted by Crippen LogP contribution is 2.31. The van der Waals surface area contributed by atoms with Crippen molar-refractivity contribution in [2.75, 3.05) is 25.5 Å². The van der Waals surface area contributed by atoms with E-state index in [1.807, 2.05) is 24.1 Å². The topological polar surface area (TPSA) is 61.4 Å². The molecule has 0 spiro atoms. The monoisotopic (exact) mass is 411 g/mol. The molecule has 1 atom stereocenters. The summed E-state index contributed by atoms with van der Waals surface area (Å²) in [5.74, 6) is 0.429. The minimum absolute atomic E-state index is 0.173. The van der Waals surface area contributed by atoms with Crippen LogP contribution >= 0.6 is 0 Å². The van der Waals surface area contributed by atoms with Gasteiger partial charge in [-0.05, 0) is 56.5 Å². The highest BCUT2D eigenvalue weighted by molar-refractivity contribution is 5.78. The smallest absolute Gasteiger partial charge is 0.236 e. The summed E-state index contributed by atoms with van der Waals surface area (Å²) in [6.07, 6.45) is 11.1. The molecule has 1 aliphatic carbocycles. The van der Waals surface area contributed by atoms with Gasteiger partial charge in [-0.1, -0.05) is 19.3 Å².